The number of carbonyl (C=O) groups is 4. The molecule has 0 saturated carbocycles. The fourth-order valence-corrected chi connectivity index (χ4v) is 2.64. The van der Waals surface area contributed by atoms with Crippen molar-refractivity contribution in [3.63, 3.8) is 0 Å². The van der Waals surface area contributed by atoms with Crippen LogP contribution in [0.5, 0.6) is 0 Å². The summed E-state index contributed by atoms with van der Waals surface area (Å²) in [6.07, 6.45) is -1.24. The van der Waals surface area contributed by atoms with Crippen molar-refractivity contribution in [2.75, 3.05) is 10.6 Å². The number of carboxylic acid groups (broad SMARTS) is 1. The first kappa shape index (κ1) is 18.9. The van der Waals surface area contributed by atoms with E-state index in [2.05, 4.69) is 16.0 Å². The van der Waals surface area contributed by atoms with Crippen LogP contribution in [0.1, 0.15) is 22.3 Å². The van der Waals surface area contributed by atoms with E-state index in [1.54, 1.807) is 0 Å². The van der Waals surface area contributed by atoms with Crippen molar-refractivity contribution in [1.82, 2.24) is 5.32 Å². The molecule has 1 aliphatic rings. The van der Waals surface area contributed by atoms with Gasteiger partial charge in [0.2, 0.25) is 5.91 Å². The zero-order chi connectivity index (χ0) is 20.1. The molecule has 2 aromatic carbocycles. The molecule has 3 rings (SSSR count). The number of amides is 3. The maximum atomic E-state index is 12.4. The number of rotatable bonds is 5. The normalized spacial score (nSPS) is 15.5. The van der Waals surface area contributed by atoms with Gasteiger partial charge in [0.1, 0.15) is 12.6 Å². The highest BCUT2D eigenvalue weighted by molar-refractivity contribution is 6.11. The van der Waals surface area contributed by atoms with Crippen LogP contribution in [-0.4, -0.2) is 35.0 Å². The molecule has 1 unspecified atom stereocenters. The number of carboxylic acids is 1. The number of aliphatic carboxylic acids is 1. The highest BCUT2D eigenvalue weighted by Gasteiger charge is 2.29. The third kappa shape index (κ3) is 4.64. The predicted molar refractivity (Wildman–Crippen MR) is 98.8 cm³/mol. The average molecular weight is 383 g/mol. The number of anilines is 2. The van der Waals surface area contributed by atoms with E-state index in [1.807, 2.05) is 30.3 Å². The molecule has 4 N–H and O–H groups in total. The third-order valence-corrected chi connectivity index (χ3v) is 3.98. The second kappa shape index (κ2) is 8.21. The first-order chi connectivity index (χ1) is 13.4. The summed E-state index contributed by atoms with van der Waals surface area (Å²) in [5.41, 5.74) is 1.43. The molecule has 144 valence electrons. The topological polar surface area (TPSA) is 134 Å². The molecule has 9 nitrogen and oxygen atoms in total. The van der Waals surface area contributed by atoms with Gasteiger partial charge in [-0.25, -0.2) is 4.79 Å². The lowest BCUT2D eigenvalue weighted by molar-refractivity contribution is -0.139. The Balaban J connectivity index is 1.68. The minimum atomic E-state index is -1.21. The molecular formula is C19H17N3O6. The molecule has 1 atom stereocenters. The van der Waals surface area contributed by atoms with E-state index in [0.717, 1.165) is 5.56 Å². The van der Waals surface area contributed by atoms with Gasteiger partial charge in [-0.15, -0.1) is 0 Å². The molecule has 9 heteroatoms. The van der Waals surface area contributed by atoms with Crippen molar-refractivity contribution in [2.45, 2.75) is 19.1 Å². The molecule has 1 heterocycles. The van der Waals surface area contributed by atoms with E-state index in [9.17, 15) is 19.2 Å². The molecule has 3 amide bonds. The Morgan fingerprint density at radius 1 is 1.11 bits per heavy atom. The standard InChI is InChI=1S/C19H17N3O6/c23-16(24)9-15-18(26)21-14-7-6-12(8-13(14)17(25)22-15)20-19(27)28-10-11-4-2-1-3-5-11/h1-8,15H,9-10H2,(H,20,27)(H,21,26)(H,22,25)(H,23,24). The van der Waals surface area contributed by atoms with Crippen LogP contribution in [0.4, 0.5) is 16.2 Å². The van der Waals surface area contributed by atoms with Gasteiger partial charge in [-0.05, 0) is 23.8 Å². The van der Waals surface area contributed by atoms with Gasteiger partial charge in [0, 0.05) is 5.69 Å². The van der Waals surface area contributed by atoms with Crippen molar-refractivity contribution in [3.05, 3.63) is 59.7 Å². The lowest BCUT2D eigenvalue weighted by atomic mass is 10.1. The fourth-order valence-electron chi connectivity index (χ4n) is 2.64. The summed E-state index contributed by atoms with van der Waals surface area (Å²) in [6.45, 7) is 0.0883. The minimum absolute atomic E-state index is 0.0883. The molecule has 0 saturated heterocycles. The van der Waals surface area contributed by atoms with Crippen LogP contribution in [0.25, 0.3) is 0 Å². The highest BCUT2D eigenvalue weighted by Crippen LogP contribution is 2.23. The van der Waals surface area contributed by atoms with Crippen LogP contribution in [-0.2, 0) is 20.9 Å². The lowest BCUT2D eigenvalue weighted by Gasteiger charge is -2.11. The molecule has 2 aromatic rings. The van der Waals surface area contributed by atoms with Gasteiger partial charge < -0.3 is 20.5 Å². The molecule has 0 aliphatic carbocycles. The number of hydrogen-bond donors (Lipinski definition) is 4. The number of carbonyl (C=O) groups excluding carboxylic acids is 3. The summed E-state index contributed by atoms with van der Waals surface area (Å²) < 4.78 is 5.12. The molecule has 28 heavy (non-hydrogen) atoms. The maximum absolute atomic E-state index is 12.4. The minimum Gasteiger partial charge on any atom is -0.481 e. The van der Waals surface area contributed by atoms with Gasteiger partial charge >= 0.3 is 12.1 Å². The van der Waals surface area contributed by atoms with Crippen molar-refractivity contribution in [2.24, 2.45) is 0 Å². The van der Waals surface area contributed by atoms with E-state index < -0.39 is 36.3 Å². The Morgan fingerprint density at radius 3 is 2.57 bits per heavy atom. The molecule has 1 aliphatic heterocycles. The lowest BCUT2D eigenvalue weighted by Crippen LogP contribution is -2.42. The van der Waals surface area contributed by atoms with Crippen LogP contribution in [0.2, 0.25) is 0 Å². The summed E-state index contributed by atoms with van der Waals surface area (Å²) in [6, 6.07) is 12.3. The number of benzene rings is 2. The number of ether oxygens (including phenoxy) is 1. The molecule has 0 radical (unpaired) electrons. The largest absolute Gasteiger partial charge is 0.481 e. The van der Waals surface area contributed by atoms with Gasteiger partial charge in [-0.2, -0.15) is 0 Å². The van der Waals surface area contributed by atoms with E-state index >= 15 is 0 Å². The van der Waals surface area contributed by atoms with Crippen molar-refractivity contribution < 1.29 is 29.0 Å². The number of nitrogens with one attached hydrogen (secondary N) is 3. The second-order valence-electron chi connectivity index (χ2n) is 6.06. The van der Waals surface area contributed by atoms with Gasteiger partial charge in [-0.1, -0.05) is 30.3 Å². The predicted octanol–water partition coefficient (Wildman–Crippen LogP) is 1.96. The van der Waals surface area contributed by atoms with Crippen molar-refractivity contribution in [1.29, 1.82) is 0 Å². The van der Waals surface area contributed by atoms with E-state index in [1.165, 1.54) is 18.2 Å². The quantitative estimate of drug-likeness (QED) is 0.624. The first-order valence-corrected chi connectivity index (χ1v) is 8.37. The summed E-state index contributed by atoms with van der Waals surface area (Å²) in [7, 11) is 0. The fraction of sp³-hybridized carbons (Fsp3) is 0.158. The van der Waals surface area contributed by atoms with Crippen molar-refractivity contribution >= 4 is 35.3 Å². The van der Waals surface area contributed by atoms with Crippen LogP contribution in [0.3, 0.4) is 0 Å². The van der Waals surface area contributed by atoms with Crippen LogP contribution < -0.4 is 16.0 Å². The second-order valence-corrected chi connectivity index (χ2v) is 6.06. The Hall–Kier alpha value is -3.88. The summed E-state index contributed by atoms with van der Waals surface area (Å²) in [4.78, 5) is 47.2. The van der Waals surface area contributed by atoms with Crippen molar-refractivity contribution in [3.8, 4) is 0 Å². The molecule has 0 bridgehead atoms. The Labute approximate surface area is 159 Å². The third-order valence-electron chi connectivity index (χ3n) is 3.98. The average Bonchev–Trinajstić information content (AvgIpc) is 2.77. The van der Waals surface area contributed by atoms with E-state index in [4.69, 9.17) is 9.84 Å². The Morgan fingerprint density at radius 2 is 1.86 bits per heavy atom. The van der Waals surface area contributed by atoms with E-state index in [-0.39, 0.29) is 23.5 Å². The van der Waals surface area contributed by atoms with Gasteiger partial charge in [0.25, 0.3) is 5.91 Å². The monoisotopic (exact) mass is 383 g/mol. The molecular weight excluding hydrogens is 366 g/mol. The molecule has 0 spiro atoms. The zero-order valence-electron chi connectivity index (χ0n) is 14.6. The molecule has 0 fully saturated rings. The van der Waals surface area contributed by atoms with E-state index in [0.29, 0.717) is 0 Å². The van der Waals surface area contributed by atoms with Crippen LogP contribution in [0, 0.1) is 0 Å². The summed E-state index contributed by atoms with van der Waals surface area (Å²) >= 11 is 0. The summed E-state index contributed by atoms with van der Waals surface area (Å²) in [5.74, 6) is -2.46. The van der Waals surface area contributed by atoms with Crippen LogP contribution >= 0.6 is 0 Å². The SMILES string of the molecule is O=C(O)CC1NC(=O)c2cc(NC(=O)OCc3ccccc3)ccc2NC1=O. The zero-order valence-corrected chi connectivity index (χ0v) is 14.6. The molecule has 0 aromatic heterocycles. The maximum Gasteiger partial charge on any atom is 0.411 e. The number of hydrogen-bond acceptors (Lipinski definition) is 5. The smallest absolute Gasteiger partial charge is 0.411 e. The summed E-state index contributed by atoms with van der Waals surface area (Å²) in [5, 5.41) is 16.2. The number of fused-ring (bicyclic) bond motifs is 1. The Bertz CT molecular complexity index is 929. The highest BCUT2D eigenvalue weighted by atomic mass is 16.5. The first-order valence-electron chi connectivity index (χ1n) is 8.37. The Kier molecular flexibility index (Phi) is 5.54. The van der Waals surface area contributed by atoms with Gasteiger partial charge in [-0.3, -0.25) is 19.7 Å². The van der Waals surface area contributed by atoms with Gasteiger partial charge in [0.15, 0.2) is 0 Å². The van der Waals surface area contributed by atoms with Crippen LogP contribution in [0.15, 0.2) is 48.5 Å². The van der Waals surface area contributed by atoms with Gasteiger partial charge in [0.05, 0.1) is 17.7 Å².